The number of amides is 1. The van der Waals surface area contributed by atoms with Crippen molar-refractivity contribution in [1.29, 1.82) is 0 Å². The van der Waals surface area contributed by atoms with E-state index in [4.69, 9.17) is 20.9 Å². The van der Waals surface area contributed by atoms with E-state index in [1.165, 1.54) is 23.5 Å². The Morgan fingerprint density at radius 1 is 1.10 bits per heavy atom. The summed E-state index contributed by atoms with van der Waals surface area (Å²) in [6.07, 6.45) is 4.28. The Hall–Kier alpha value is -2.99. The number of nitrogens with one attached hydrogen (secondary N) is 1. The van der Waals surface area contributed by atoms with Gasteiger partial charge in [-0.15, -0.1) is 0 Å². The number of nitrogens with zero attached hydrogens (tertiary/aromatic N) is 4. The molecule has 0 aliphatic carbocycles. The molecule has 1 aromatic heterocycles. The van der Waals surface area contributed by atoms with Gasteiger partial charge in [0.1, 0.15) is 5.75 Å². The molecule has 10 nitrogen and oxygen atoms in total. The van der Waals surface area contributed by atoms with Crippen LogP contribution in [0.3, 0.4) is 0 Å². The van der Waals surface area contributed by atoms with Crippen LogP contribution in [0.25, 0.3) is 11.4 Å². The molecule has 2 fully saturated rings. The fraction of sp³-hybridized carbons (Fsp3) is 0.444. The van der Waals surface area contributed by atoms with Crippen LogP contribution >= 0.6 is 11.6 Å². The monoisotopic (exact) mass is 573 g/mol. The molecule has 3 aromatic rings. The number of hydrogen-bond acceptors (Lipinski definition) is 8. The highest BCUT2D eigenvalue weighted by atomic mass is 35.5. The quantitative estimate of drug-likeness (QED) is 0.421. The third-order valence-electron chi connectivity index (χ3n) is 7.19. The van der Waals surface area contributed by atoms with Gasteiger partial charge < -0.3 is 14.6 Å². The van der Waals surface area contributed by atoms with Gasteiger partial charge in [0, 0.05) is 30.2 Å². The molecule has 0 spiro atoms. The molecule has 2 aliphatic rings. The summed E-state index contributed by atoms with van der Waals surface area (Å²) < 4.78 is 38.8. The highest BCUT2D eigenvalue weighted by Gasteiger charge is 2.30. The average molecular weight is 574 g/mol. The molecule has 0 bridgehead atoms. The van der Waals surface area contributed by atoms with Crippen LogP contribution in [0.15, 0.2) is 51.9 Å². The SMILES string of the molecule is COc1ccc(S(=O)(=O)N2CCCCC2)cc1NC(=O)C1CCCN(Cc2nc(-c3ccc(Cl)cc3)no2)C1. The zero-order valence-corrected chi connectivity index (χ0v) is 23.4. The molecule has 0 radical (unpaired) electrons. The molecule has 12 heteroatoms. The van der Waals surface area contributed by atoms with E-state index in [-0.39, 0.29) is 16.7 Å². The lowest BCUT2D eigenvalue weighted by Gasteiger charge is -2.31. The molecular formula is C27H32ClN5O5S. The van der Waals surface area contributed by atoms with Gasteiger partial charge in [0.25, 0.3) is 0 Å². The number of aromatic nitrogens is 2. The van der Waals surface area contributed by atoms with E-state index in [0.717, 1.165) is 44.2 Å². The molecule has 1 unspecified atom stereocenters. The topological polar surface area (TPSA) is 118 Å². The van der Waals surface area contributed by atoms with Gasteiger partial charge in [-0.1, -0.05) is 23.2 Å². The van der Waals surface area contributed by atoms with Crippen molar-refractivity contribution in [3.05, 3.63) is 53.4 Å². The van der Waals surface area contributed by atoms with Crippen LogP contribution in [0.2, 0.25) is 5.02 Å². The van der Waals surface area contributed by atoms with E-state index in [1.807, 2.05) is 12.1 Å². The minimum absolute atomic E-state index is 0.152. The molecule has 0 saturated carbocycles. The van der Waals surface area contributed by atoms with Gasteiger partial charge >= 0.3 is 0 Å². The van der Waals surface area contributed by atoms with E-state index in [0.29, 0.717) is 54.4 Å². The molecule has 1 N–H and O–H groups in total. The average Bonchev–Trinajstić information content (AvgIpc) is 3.42. The Morgan fingerprint density at radius 3 is 2.62 bits per heavy atom. The number of likely N-dealkylation sites (tertiary alicyclic amines) is 1. The number of halogens is 1. The summed E-state index contributed by atoms with van der Waals surface area (Å²) in [6, 6.07) is 11.8. The Bertz CT molecular complexity index is 1410. The van der Waals surface area contributed by atoms with E-state index < -0.39 is 10.0 Å². The fourth-order valence-corrected chi connectivity index (χ4v) is 6.74. The zero-order valence-electron chi connectivity index (χ0n) is 21.8. The van der Waals surface area contributed by atoms with Crippen LogP contribution in [-0.2, 0) is 21.4 Å². The van der Waals surface area contributed by atoms with Crippen LogP contribution in [-0.4, -0.2) is 67.0 Å². The lowest BCUT2D eigenvalue weighted by molar-refractivity contribution is -0.121. The Morgan fingerprint density at radius 2 is 1.87 bits per heavy atom. The summed E-state index contributed by atoms with van der Waals surface area (Å²) in [5, 5.41) is 7.63. The first kappa shape index (κ1) is 27.6. The standard InChI is InChI=1S/C27H32ClN5O5S/c1-37-24-12-11-22(39(35,36)33-14-3-2-4-15-33)16-23(24)29-27(34)20-6-5-13-32(17-20)18-25-30-26(31-38-25)19-7-9-21(28)10-8-19/h7-12,16,20H,2-6,13-15,17-18H2,1H3,(H,29,34). The maximum Gasteiger partial charge on any atom is 0.243 e. The number of methoxy groups -OCH3 is 1. The van der Waals surface area contributed by atoms with Crippen molar-refractivity contribution in [2.24, 2.45) is 5.92 Å². The second-order valence-electron chi connectivity index (χ2n) is 9.91. The summed E-state index contributed by atoms with van der Waals surface area (Å²) in [7, 11) is -2.15. The van der Waals surface area contributed by atoms with Crippen LogP contribution in [0.4, 0.5) is 5.69 Å². The summed E-state index contributed by atoms with van der Waals surface area (Å²) in [6.45, 7) is 2.76. The van der Waals surface area contributed by atoms with Crippen LogP contribution < -0.4 is 10.1 Å². The summed E-state index contributed by atoms with van der Waals surface area (Å²) in [4.78, 5) is 20.1. The van der Waals surface area contributed by atoms with Gasteiger partial charge in [0.2, 0.25) is 27.6 Å². The number of piperidine rings is 2. The number of sulfonamides is 1. The van der Waals surface area contributed by atoms with Crippen molar-refractivity contribution in [3.8, 4) is 17.1 Å². The molecule has 39 heavy (non-hydrogen) atoms. The third-order valence-corrected chi connectivity index (χ3v) is 9.33. The van der Waals surface area contributed by atoms with E-state index in [1.54, 1.807) is 18.2 Å². The second kappa shape index (κ2) is 12.0. The molecule has 3 heterocycles. The molecule has 1 amide bonds. The van der Waals surface area contributed by atoms with Gasteiger partial charge in [-0.3, -0.25) is 9.69 Å². The predicted octanol–water partition coefficient (Wildman–Crippen LogP) is 4.42. The molecule has 5 rings (SSSR count). The molecule has 2 saturated heterocycles. The number of carbonyl (C=O) groups is 1. The van der Waals surface area contributed by atoms with Crippen molar-refractivity contribution >= 4 is 33.2 Å². The minimum atomic E-state index is -3.65. The maximum atomic E-state index is 13.3. The van der Waals surface area contributed by atoms with Crippen LogP contribution in [0.5, 0.6) is 5.75 Å². The molecule has 2 aliphatic heterocycles. The molecule has 1 atom stereocenters. The summed E-state index contributed by atoms with van der Waals surface area (Å²) >= 11 is 5.96. The second-order valence-corrected chi connectivity index (χ2v) is 12.3. The first-order chi connectivity index (χ1) is 18.8. The van der Waals surface area contributed by atoms with Crippen molar-refractivity contribution in [3.63, 3.8) is 0 Å². The normalized spacial score (nSPS) is 19.1. The van der Waals surface area contributed by atoms with E-state index in [2.05, 4.69) is 20.4 Å². The lowest BCUT2D eigenvalue weighted by Crippen LogP contribution is -2.40. The Balaban J connectivity index is 1.25. The zero-order chi connectivity index (χ0) is 27.4. The van der Waals surface area contributed by atoms with Crippen molar-refractivity contribution in [1.82, 2.24) is 19.3 Å². The van der Waals surface area contributed by atoms with Crippen molar-refractivity contribution in [2.75, 3.05) is 38.6 Å². The number of carbonyl (C=O) groups excluding carboxylic acids is 1. The molecular weight excluding hydrogens is 542 g/mol. The smallest absolute Gasteiger partial charge is 0.243 e. The molecule has 208 valence electrons. The highest BCUT2D eigenvalue weighted by molar-refractivity contribution is 7.89. The van der Waals surface area contributed by atoms with Gasteiger partial charge in [-0.25, -0.2) is 8.42 Å². The number of hydrogen-bond donors (Lipinski definition) is 1. The van der Waals surface area contributed by atoms with Gasteiger partial charge in [0.15, 0.2) is 0 Å². The maximum absolute atomic E-state index is 13.3. The number of rotatable bonds is 8. The van der Waals surface area contributed by atoms with Crippen molar-refractivity contribution in [2.45, 2.75) is 43.5 Å². The van der Waals surface area contributed by atoms with E-state index in [9.17, 15) is 13.2 Å². The third kappa shape index (κ3) is 6.43. The van der Waals surface area contributed by atoms with Gasteiger partial charge in [0.05, 0.1) is 30.2 Å². The van der Waals surface area contributed by atoms with Crippen LogP contribution in [0, 0.1) is 5.92 Å². The minimum Gasteiger partial charge on any atom is -0.495 e. The molecule has 2 aromatic carbocycles. The van der Waals surface area contributed by atoms with Gasteiger partial charge in [-0.2, -0.15) is 9.29 Å². The van der Waals surface area contributed by atoms with Crippen LogP contribution in [0.1, 0.15) is 38.0 Å². The van der Waals surface area contributed by atoms with Crippen molar-refractivity contribution < 1.29 is 22.5 Å². The number of benzene rings is 2. The number of anilines is 1. The fourth-order valence-electron chi connectivity index (χ4n) is 5.07. The predicted molar refractivity (Wildman–Crippen MR) is 147 cm³/mol. The Labute approximate surface area is 233 Å². The largest absolute Gasteiger partial charge is 0.495 e. The first-order valence-electron chi connectivity index (χ1n) is 13.1. The highest BCUT2D eigenvalue weighted by Crippen LogP contribution is 2.31. The van der Waals surface area contributed by atoms with E-state index >= 15 is 0 Å². The Kier molecular flexibility index (Phi) is 8.51. The number of ether oxygens (including phenoxy) is 1. The first-order valence-corrected chi connectivity index (χ1v) is 15.0. The van der Waals surface area contributed by atoms with Gasteiger partial charge in [-0.05, 0) is 74.7 Å². The lowest BCUT2D eigenvalue weighted by atomic mass is 9.97. The summed E-state index contributed by atoms with van der Waals surface area (Å²) in [5.74, 6) is 0.898. The summed E-state index contributed by atoms with van der Waals surface area (Å²) in [5.41, 5.74) is 1.16.